The van der Waals surface area contributed by atoms with Gasteiger partial charge in [-0.2, -0.15) is 13.2 Å². The summed E-state index contributed by atoms with van der Waals surface area (Å²) in [5, 5.41) is 15.7. The van der Waals surface area contributed by atoms with Gasteiger partial charge in [-0.25, -0.2) is 9.78 Å². The van der Waals surface area contributed by atoms with E-state index in [-0.39, 0.29) is 0 Å². The van der Waals surface area contributed by atoms with E-state index >= 15 is 0 Å². The minimum atomic E-state index is -4.48. The number of pyridine rings is 1. The highest BCUT2D eigenvalue weighted by Gasteiger charge is 2.27. The first-order valence-electron chi connectivity index (χ1n) is 7.72. The van der Waals surface area contributed by atoms with Crippen LogP contribution in [0.15, 0.2) is 53.9 Å². The maximum Gasteiger partial charge on any atom is 0.405 e. The van der Waals surface area contributed by atoms with E-state index in [1.54, 1.807) is 58.5 Å². The maximum atomic E-state index is 12.2. The average Bonchev–Trinajstić information content (AvgIpc) is 3.03. The molecule has 7 nitrogen and oxygen atoms in total. The van der Waals surface area contributed by atoms with Crippen LogP contribution in [0.5, 0.6) is 0 Å². The molecule has 0 radical (unpaired) electrons. The molecule has 0 saturated carbocycles. The van der Waals surface area contributed by atoms with Crippen LogP contribution >= 0.6 is 0 Å². The van der Waals surface area contributed by atoms with Gasteiger partial charge >= 0.3 is 12.2 Å². The zero-order chi connectivity index (χ0) is 19.4. The van der Waals surface area contributed by atoms with Crippen molar-refractivity contribution in [2.45, 2.75) is 6.18 Å². The lowest BCUT2D eigenvalue weighted by molar-refractivity contribution is -0.122. The Balaban J connectivity index is 1.81. The van der Waals surface area contributed by atoms with Crippen LogP contribution in [0.4, 0.5) is 23.7 Å². The Morgan fingerprint density at radius 2 is 2.11 bits per heavy atom. The van der Waals surface area contributed by atoms with Crippen molar-refractivity contribution < 1.29 is 23.2 Å². The lowest BCUT2D eigenvalue weighted by atomic mass is 10.1. The third-order valence-corrected chi connectivity index (χ3v) is 3.61. The summed E-state index contributed by atoms with van der Waals surface area (Å²) < 4.78 is 38.3. The maximum absolute atomic E-state index is 12.2. The molecule has 3 N–H and O–H groups in total. The van der Waals surface area contributed by atoms with Crippen molar-refractivity contribution in [1.29, 1.82) is 0 Å². The van der Waals surface area contributed by atoms with Crippen molar-refractivity contribution in [2.24, 2.45) is 5.16 Å². The second kappa shape index (κ2) is 7.36. The Hall–Kier alpha value is -3.56. The summed E-state index contributed by atoms with van der Waals surface area (Å²) in [5.74, 6) is 0. The number of benzene rings is 1. The number of alkyl halides is 3. The molecule has 140 valence electrons. The van der Waals surface area contributed by atoms with Crippen LogP contribution < -0.4 is 10.6 Å². The number of halogens is 3. The van der Waals surface area contributed by atoms with Gasteiger partial charge in [0, 0.05) is 23.0 Å². The molecule has 2 amide bonds. The number of amides is 2. The van der Waals surface area contributed by atoms with E-state index in [0.717, 1.165) is 5.69 Å². The van der Waals surface area contributed by atoms with Crippen LogP contribution in [-0.4, -0.2) is 39.6 Å². The molecular weight excluding hydrogens is 363 g/mol. The monoisotopic (exact) mass is 377 g/mol. The molecule has 0 fully saturated rings. The number of aromatic nitrogens is 2. The summed E-state index contributed by atoms with van der Waals surface area (Å²) in [6.07, 6.45) is 0.163. The Kier molecular flexibility index (Phi) is 4.97. The van der Waals surface area contributed by atoms with E-state index in [1.807, 2.05) is 0 Å². The van der Waals surface area contributed by atoms with E-state index in [2.05, 4.69) is 15.5 Å². The van der Waals surface area contributed by atoms with Gasteiger partial charge in [-0.15, -0.1) is 0 Å². The first-order valence-corrected chi connectivity index (χ1v) is 7.72. The Bertz CT molecular complexity index is 998. The van der Waals surface area contributed by atoms with Crippen LogP contribution in [0.3, 0.4) is 0 Å². The molecule has 0 aliphatic heterocycles. The second-order valence-corrected chi connectivity index (χ2v) is 5.58. The molecule has 1 aromatic carbocycles. The molecule has 0 saturated heterocycles. The van der Waals surface area contributed by atoms with E-state index in [0.29, 0.717) is 22.5 Å². The minimum Gasteiger partial charge on any atom is -0.411 e. The first-order chi connectivity index (χ1) is 12.9. The lowest BCUT2D eigenvalue weighted by Gasteiger charge is -2.10. The number of hydrogen-bond donors (Lipinski definition) is 3. The van der Waals surface area contributed by atoms with E-state index in [4.69, 9.17) is 5.21 Å². The highest BCUT2D eigenvalue weighted by molar-refractivity contribution is 5.90. The highest BCUT2D eigenvalue weighted by atomic mass is 19.4. The molecular formula is C17H14F3N5O2. The van der Waals surface area contributed by atoms with Crippen molar-refractivity contribution in [2.75, 3.05) is 11.9 Å². The van der Waals surface area contributed by atoms with E-state index < -0.39 is 18.8 Å². The smallest absolute Gasteiger partial charge is 0.405 e. The molecule has 27 heavy (non-hydrogen) atoms. The molecule has 3 aromatic rings. The van der Waals surface area contributed by atoms with Gasteiger partial charge in [0.2, 0.25) is 0 Å². The molecule has 2 aromatic heterocycles. The number of hydrogen-bond acceptors (Lipinski definition) is 4. The number of anilines is 1. The van der Waals surface area contributed by atoms with Gasteiger partial charge in [0.25, 0.3) is 0 Å². The van der Waals surface area contributed by atoms with Crippen molar-refractivity contribution in [3.05, 3.63) is 54.4 Å². The molecule has 0 atom stereocenters. The molecule has 0 bridgehead atoms. The van der Waals surface area contributed by atoms with Crippen LogP contribution in [-0.2, 0) is 0 Å². The number of rotatable bonds is 4. The number of nitrogens with zero attached hydrogens (tertiary/aromatic N) is 3. The van der Waals surface area contributed by atoms with E-state index in [1.165, 1.54) is 6.21 Å². The fourth-order valence-electron chi connectivity index (χ4n) is 2.47. The first kappa shape index (κ1) is 18.2. The van der Waals surface area contributed by atoms with Crippen LogP contribution in [0.2, 0.25) is 0 Å². The number of carbonyl (C=O) groups excluding carboxylic acids is 1. The number of urea groups is 1. The number of fused-ring (bicyclic) bond motifs is 1. The Labute approximate surface area is 151 Å². The number of carbonyl (C=O) groups is 1. The topological polar surface area (TPSA) is 91.0 Å². The van der Waals surface area contributed by atoms with Gasteiger partial charge in [-0.05, 0) is 24.3 Å². The van der Waals surface area contributed by atoms with Crippen LogP contribution in [0.25, 0.3) is 16.9 Å². The number of nitrogens with one attached hydrogen (secondary N) is 2. The third-order valence-electron chi connectivity index (χ3n) is 3.61. The fraction of sp³-hybridized carbons (Fsp3) is 0.118. The summed E-state index contributed by atoms with van der Waals surface area (Å²) in [6.45, 7) is -1.41. The Morgan fingerprint density at radius 1 is 1.30 bits per heavy atom. The quantitative estimate of drug-likeness (QED) is 0.369. The molecule has 0 aliphatic carbocycles. The Morgan fingerprint density at radius 3 is 2.85 bits per heavy atom. The van der Waals surface area contributed by atoms with Gasteiger partial charge in [-0.3, -0.25) is 4.40 Å². The van der Waals surface area contributed by atoms with Crippen molar-refractivity contribution >= 4 is 23.6 Å². The van der Waals surface area contributed by atoms with E-state index in [9.17, 15) is 18.0 Å². The molecule has 10 heteroatoms. The zero-order valence-corrected chi connectivity index (χ0v) is 13.7. The largest absolute Gasteiger partial charge is 0.411 e. The lowest BCUT2D eigenvalue weighted by Crippen LogP contribution is -2.36. The molecule has 0 unspecified atom stereocenters. The average molecular weight is 377 g/mol. The summed E-state index contributed by atoms with van der Waals surface area (Å²) in [7, 11) is 0. The van der Waals surface area contributed by atoms with Gasteiger partial charge in [-0.1, -0.05) is 17.3 Å². The summed E-state index contributed by atoms with van der Waals surface area (Å²) in [6, 6.07) is 9.14. The minimum absolute atomic E-state index is 0.339. The number of imidazole rings is 1. The standard InChI is InChI=1S/C17H14F3N5O2/c18-17(19,20)10-22-16(26)24-13-3-1-2-12(7-13)14-9-21-15-6-11(8-23-27)4-5-25(14)15/h1-9,27H,10H2,(H2,22,24,26)/b23-8+. The summed E-state index contributed by atoms with van der Waals surface area (Å²) in [4.78, 5) is 15.9. The van der Waals surface area contributed by atoms with Gasteiger partial charge in [0.15, 0.2) is 0 Å². The molecule has 2 heterocycles. The fourth-order valence-corrected chi connectivity index (χ4v) is 2.47. The number of oxime groups is 1. The highest BCUT2D eigenvalue weighted by Crippen LogP contribution is 2.24. The second-order valence-electron chi connectivity index (χ2n) is 5.58. The zero-order valence-electron chi connectivity index (χ0n) is 13.7. The normalized spacial score (nSPS) is 11.8. The molecule has 3 rings (SSSR count). The molecule has 0 spiro atoms. The predicted molar refractivity (Wildman–Crippen MR) is 93.1 cm³/mol. The van der Waals surface area contributed by atoms with Crippen molar-refractivity contribution in [3.8, 4) is 11.3 Å². The predicted octanol–water partition coefficient (Wildman–Crippen LogP) is 3.49. The third kappa shape index (κ3) is 4.54. The van der Waals surface area contributed by atoms with Gasteiger partial charge in [0.1, 0.15) is 12.2 Å². The van der Waals surface area contributed by atoms with Crippen LogP contribution in [0.1, 0.15) is 5.56 Å². The molecule has 0 aliphatic rings. The van der Waals surface area contributed by atoms with Gasteiger partial charge in [0.05, 0.1) is 18.1 Å². The van der Waals surface area contributed by atoms with Crippen molar-refractivity contribution in [1.82, 2.24) is 14.7 Å². The summed E-state index contributed by atoms with van der Waals surface area (Å²) in [5.41, 5.74) is 3.05. The van der Waals surface area contributed by atoms with Crippen molar-refractivity contribution in [3.63, 3.8) is 0 Å². The van der Waals surface area contributed by atoms with Crippen LogP contribution in [0, 0.1) is 0 Å². The van der Waals surface area contributed by atoms with Gasteiger partial charge < -0.3 is 15.8 Å². The SMILES string of the molecule is O=C(NCC(F)(F)F)Nc1cccc(-c2cnc3cc(/C=N/O)ccn23)c1. The summed E-state index contributed by atoms with van der Waals surface area (Å²) >= 11 is 0.